The van der Waals surface area contributed by atoms with Crippen molar-refractivity contribution < 1.29 is 9.18 Å². The van der Waals surface area contributed by atoms with Crippen LogP contribution in [0.5, 0.6) is 0 Å². The average molecular weight is 413 g/mol. The molecule has 0 radical (unpaired) electrons. The van der Waals surface area contributed by atoms with Gasteiger partial charge in [-0.3, -0.25) is 9.78 Å². The third-order valence-corrected chi connectivity index (χ3v) is 4.52. The zero-order valence-corrected chi connectivity index (χ0v) is 15.7. The van der Waals surface area contributed by atoms with Crippen molar-refractivity contribution in [2.75, 3.05) is 0 Å². The van der Waals surface area contributed by atoms with Crippen LogP contribution in [-0.2, 0) is 24.3 Å². The Bertz CT molecular complexity index is 851. The molecule has 0 atom stereocenters. The van der Waals surface area contributed by atoms with Gasteiger partial charge in [-0.05, 0) is 47.5 Å². The normalized spacial score (nSPS) is 10.5. The summed E-state index contributed by atoms with van der Waals surface area (Å²) in [5.41, 5.74) is 2.66. The fraction of sp³-hybridized carbons (Fsp3) is 0.143. The van der Waals surface area contributed by atoms with Crippen LogP contribution < -0.4 is 0 Å². The highest BCUT2D eigenvalue weighted by molar-refractivity contribution is 9.10. The van der Waals surface area contributed by atoms with E-state index in [0.717, 1.165) is 21.3 Å². The van der Waals surface area contributed by atoms with Crippen LogP contribution in [0.4, 0.5) is 4.39 Å². The fourth-order valence-corrected chi connectivity index (χ4v) is 2.88. The van der Waals surface area contributed by atoms with Gasteiger partial charge in [-0.1, -0.05) is 46.3 Å². The van der Waals surface area contributed by atoms with Crippen LogP contribution in [0.25, 0.3) is 0 Å². The molecule has 132 valence electrons. The summed E-state index contributed by atoms with van der Waals surface area (Å²) in [4.78, 5) is 19.0. The molecule has 26 heavy (non-hydrogen) atoms. The average Bonchev–Trinajstić information content (AvgIpc) is 2.65. The lowest BCUT2D eigenvalue weighted by Crippen LogP contribution is -2.31. The minimum atomic E-state index is -0.304. The van der Waals surface area contributed by atoms with Crippen LogP contribution in [0.3, 0.4) is 0 Å². The van der Waals surface area contributed by atoms with Gasteiger partial charge in [0.05, 0.1) is 18.7 Å². The Morgan fingerprint density at radius 3 is 2.27 bits per heavy atom. The van der Waals surface area contributed by atoms with Gasteiger partial charge < -0.3 is 4.90 Å². The van der Waals surface area contributed by atoms with E-state index >= 15 is 0 Å². The number of rotatable bonds is 6. The maximum atomic E-state index is 13.1. The zero-order chi connectivity index (χ0) is 18.4. The first-order valence-electron chi connectivity index (χ1n) is 8.27. The minimum Gasteiger partial charge on any atom is -0.332 e. The van der Waals surface area contributed by atoms with Crippen LogP contribution in [-0.4, -0.2) is 15.8 Å². The van der Waals surface area contributed by atoms with Gasteiger partial charge in [0.15, 0.2) is 0 Å². The van der Waals surface area contributed by atoms with Crippen LogP contribution in [0.15, 0.2) is 77.4 Å². The molecule has 0 aliphatic carbocycles. The lowest BCUT2D eigenvalue weighted by Gasteiger charge is -2.23. The standard InChI is InChI=1S/C21H18BrFN2O/c22-18-8-4-17(5-9-18)14-25(15-20-3-1-2-12-24-20)21(26)13-16-6-10-19(23)11-7-16/h1-12H,13-15H2. The molecule has 0 spiro atoms. The number of carbonyl (C=O) groups excluding carboxylic acids is 1. The summed E-state index contributed by atoms with van der Waals surface area (Å²) in [6.45, 7) is 0.917. The van der Waals surface area contributed by atoms with Crippen molar-refractivity contribution in [1.29, 1.82) is 0 Å². The topological polar surface area (TPSA) is 33.2 Å². The van der Waals surface area contributed by atoms with Crippen LogP contribution in [0.2, 0.25) is 0 Å². The number of hydrogen-bond acceptors (Lipinski definition) is 2. The maximum Gasteiger partial charge on any atom is 0.227 e. The van der Waals surface area contributed by atoms with Crippen molar-refractivity contribution in [3.8, 4) is 0 Å². The third kappa shape index (κ3) is 5.23. The summed E-state index contributed by atoms with van der Waals surface area (Å²) >= 11 is 3.42. The summed E-state index contributed by atoms with van der Waals surface area (Å²) in [5.74, 6) is -0.327. The molecule has 1 aromatic heterocycles. The predicted molar refractivity (Wildman–Crippen MR) is 103 cm³/mol. The smallest absolute Gasteiger partial charge is 0.227 e. The number of amides is 1. The summed E-state index contributed by atoms with van der Waals surface area (Å²) < 4.78 is 14.1. The van der Waals surface area contributed by atoms with E-state index in [0.29, 0.717) is 13.1 Å². The third-order valence-electron chi connectivity index (χ3n) is 3.99. The van der Waals surface area contributed by atoms with Gasteiger partial charge in [-0.2, -0.15) is 0 Å². The van der Waals surface area contributed by atoms with Gasteiger partial charge in [-0.25, -0.2) is 4.39 Å². The number of halogens is 2. The number of benzene rings is 2. The Labute approximate surface area is 160 Å². The summed E-state index contributed by atoms with van der Waals surface area (Å²) in [6.07, 6.45) is 1.95. The van der Waals surface area contributed by atoms with E-state index in [-0.39, 0.29) is 18.1 Å². The van der Waals surface area contributed by atoms with Gasteiger partial charge >= 0.3 is 0 Å². The molecular formula is C21H18BrFN2O. The van der Waals surface area contributed by atoms with Crippen molar-refractivity contribution >= 4 is 21.8 Å². The summed E-state index contributed by atoms with van der Waals surface area (Å²) in [5, 5.41) is 0. The molecule has 1 amide bonds. The molecule has 0 bridgehead atoms. The second-order valence-corrected chi connectivity index (χ2v) is 6.92. The Balaban J connectivity index is 1.77. The number of aromatic nitrogens is 1. The van der Waals surface area contributed by atoms with E-state index in [1.165, 1.54) is 12.1 Å². The molecule has 5 heteroatoms. The Kier molecular flexibility index (Phi) is 6.12. The first-order valence-corrected chi connectivity index (χ1v) is 9.06. The molecule has 3 rings (SSSR count). The highest BCUT2D eigenvalue weighted by Crippen LogP contribution is 2.15. The highest BCUT2D eigenvalue weighted by Gasteiger charge is 2.16. The molecule has 2 aromatic carbocycles. The minimum absolute atomic E-state index is 0.0230. The quantitative estimate of drug-likeness (QED) is 0.584. The van der Waals surface area contributed by atoms with E-state index in [1.807, 2.05) is 42.5 Å². The molecule has 0 saturated carbocycles. The zero-order valence-electron chi connectivity index (χ0n) is 14.1. The highest BCUT2D eigenvalue weighted by atomic mass is 79.9. The SMILES string of the molecule is O=C(Cc1ccc(F)cc1)N(Cc1ccc(Br)cc1)Cc1ccccn1. The van der Waals surface area contributed by atoms with Gasteiger partial charge in [0.25, 0.3) is 0 Å². The Hall–Kier alpha value is -2.53. The molecule has 0 fully saturated rings. The predicted octanol–water partition coefficient (Wildman–Crippen LogP) is 4.75. The Morgan fingerprint density at radius 1 is 0.923 bits per heavy atom. The number of pyridine rings is 1. The van der Waals surface area contributed by atoms with Crippen molar-refractivity contribution in [1.82, 2.24) is 9.88 Å². The molecule has 0 saturated heterocycles. The van der Waals surface area contributed by atoms with E-state index in [2.05, 4.69) is 20.9 Å². The summed E-state index contributed by atoms with van der Waals surface area (Å²) in [6, 6.07) is 19.6. The van der Waals surface area contributed by atoms with Gasteiger partial charge in [-0.15, -0.1) is 0 Å². The van der Waals surface area contributed by atoms with Crippen LogP contribution in [0.1, 0.15) is 16.8 Å². The van der Waals surface area contributed by atoms with Crippen molar-refractivity contribution in [2.45, 2.75) is 19.5 Å². The Morgan fingerprint density at radius 2 is 1.62 bits per heavy atom. The van der Waals surface area contributed by atoms with E-state index in [9.17, 15) is 9.18 Å². The first kappa shape index (κ1) is 18.3. The number of nitrogens with zero attached hydrogens (tertiary/aromatic N) is 2. The number of carbonyl (C=O) groups is 1. The molecule has 1 heterocycles. The lowest BCUT2D eigenvalue weighted by atomic mass is 10.1. The second kappa shape index (κ2) is 8.72. The van der Waals surface area contributed by atoms with Crippen LogP contribution >= 0.6 is 15.9 Å². The number of hydrogen-bond donors (Lipinski definition) is 0. The molecule has 0 aliphatic rings. The van der Waals surface area contributed by atoms with Gasteiger partial charge in [0.1, 0.15) is 5.82 Å². The fourth-order valence-electron chi connectivity index (χ4n) is 2.62. The molecule has 3 aromatic rings. The van der Waals surface area contributed by atoms with Crippen molar-refractivity contribution in [2.24, 2.45) is 0 Å². The van der Waals surface area contributed by atoms with E-state index < -0.39 is 0 Å². The van der Waals surface area contributed by atoms with E-state index in [4.69, 9.17) is 0 Å². The first-order chi connectivity index (χ1) is 12.6. The molecule has 3 nitrogen and oxygen atoms in total. The second-order valence-electron chi connectivity index (χ2n) is 6.00. The molecular weight excluding hydrogens is 395 g/mol. The molecule has 0 unspecified atom stereocenters. The molecule has 0 N–H and O–H groups in total. The monoisotopic (exact) mass is 412 g/mol. The van der Waals surface area contributed by atoms with Crippen LogP contribution in [0, 0.1) is 5.82 Å². The van der Waals surface area contributed by atoms with Crippen molar-refractivity contribution in [3.63, 3.8) is 0 Å². The maximum absolute atomic E-state index is 13.1. The van der Waals surface area contributed by atoms with Gasteiger partial charge in [0, 0.05) is 17.2 Å². The largest absolute Gasteiger partial charge is 0.332 e. The van der Waals surface area contributed by atoms with Crippen molar-refractivity contribution in [3.05, 3.63) is 100 Å². The lowest BCUT2D eigenvalue weighted by molar-refractivity contribution is -0.131. The van der Waals surface area contributed by atoms with E-state index in [1.54, 1.807) is 23.2 Å². The van der Waals surface area contributed by atoms with Gasteiger partial charge in [0.2, 0.25) is 5.91 Å². The summed E-state index contributed by atoms with van der Waals surface area (Å²) in [7, 11) is 0. The molecule has 0 aliphatic heterocycles.